The minimum absolute atomic E-state index is 0.0407. The number of methoxy groups -OCH3 is 1. The van der Waals surface area contributed by atoms with Crippen molar-refractivity contribution in [2.45, 2.75) is 112 Å². The third-order valence-electron chi connectivity index (χ3n) is 15.9. The van der Waals surface area contributed by atoms with Gasteiger partial charge >= 0.3 is 0 Å². The largest absolute Gasteiger partial charge is 0.497 e. The number of thioether (sulfide) groups is 1. The molecule has 0 aliphatic carbocycles. The summed E-state index contributed by atoms with van der Waals surface area (Å²) in [5.41, 5.74) is 2.41. The standard InChI is InChI=1S/C68H70INO13SSi/c1-44(69)64(82-61-60(58-55(79-67(61)84-6)43-76-65(81-58)47-28-16-9-17-29-47)83-85(68(2,3)4,50-30-18-10-19-31-50)51-32-20-11-21-33-51)80-57-54(42-74-40-45-24-12-7-13-25-45)78-66(77-49-38-36-48(73-5)37-39-49)56(59(57)75-41-46-26-14-8-15-27-46)70-62(71)52-34-22-23-35-53(52)63(70)72/h7-39,54-61,64-67H,1,40-43H2,2-6H3/t54-,55-,56-,57-,58-,59-,60+,61+,64?,65-,66-,67-/m1/s1. The highest BCUT2D eigenvalue weighted by molar-refractivity contribution is 14.1. The van der Waals surface area contributed by atoms with Crippen molar-refractivity contribution in [2.75, 3.05) is 26.6 Å². The van der Waals surface area contributed by atoms with Gasteiger partial charge in [-0.15, -0.1) is 11.8 Å². The molecule has 4 aliphatic heterocycles. The van der Waals surface area contributed by atoms with Crippen LogP contribution in [0.25, 0.3) is 0 Å². The molecular formula is C68H70INO13SSi. The molecule has 0 saturated carbocycles. The van der Waals surface area contributed by atoms with Crippen LogP contribution in [0.4, 0.5) is 0 Å². The van der Waals surface area contributed by atoms with Crippen LogP contribution < -0.4 is 19.8 Å². The summed E-state index contributed by atoms with van der Waals surface area (Å²) >= 11 is 3.63. The van der Waals surface area contributed by atoms with Gasteiger partial charge in [-0.25, -0.2) is 0 Å². The highest BCUT2D eigenvalue weighted by Gasteiger charge is 2.60. The van der Waals surface area contributed by atoms with E-state index >= 15 is 9.59 Å². The van der Waals surface area contributed by atoms with Crippen LogP contribution in [0.2, 0.25) is 5.04 Å². The first-order valence-electron chi connectivity index (χ1n) is 28.5. The fraction of sp³-hybridized carbons (Fsp3) is 0.324. The molecule has 85 heavy (non-hydrogen) atoms. The van der Waals surface area contributed by atoms with Gasteiger partial charge in [-0.2, -0.15) is 0 Å². The monoisotopic (exact) mass is 1300 g/mol. The zero-order valence-electron chi connectivity index (χ0n) is 48.1. The molecule has 7 aromatic carbocycles. The van der Waals surface area contributed by atoms with Crippen LogP contribution in [0.1, 0.15) is 64.5 Å². The van der Waals surface area contributed by atoms with Crippen LogP contribution in [0.5, 0.6) is 11.5 Å². The minimum Gasteiger partial charge on any atom is -0.497 e. The molecule has 0 bridgehead atoms. The number of nitrogens with zero attached hydrogens (tertiary/aromatic N) is 1. The lowest BCUT2D eigenvalue weighted by molar-refractivity contribution is -0.339. The Morgan fingerprint density at radius 2 is 1.19 bits per heavy atom. The fourth-order valence-corrected chi connectivity index (χ4v) is 17.5. The topological polar surface area (TPSA) is 139 Å². The quantitative estimate of drug-likeness (QED) is 0.0275. The van der Waals surface area contributed by atoms with E-state index in [1.54, 1.807) is 55.6 Å². The average Bonchev–Trinajstić information content (AvgIpc) is 2.04. The summed E-state index contributed by atoms with van der Waals surface area (Å²) in [6.45, 7) is 11.7. The minimum atomic E-state index is -3.41. The fourth-order valence-electron chi connectivity index (χ4n) is 11.8. The van der Waals surface area contributed by atoms with Gasteiger partial charge in [0.25, 0.3) is 20.1 Å². The van der Waals surface area contributed by atoms with Gasteiger partial charge in [0.1, 0.15) is 65.7 Å². The smallest absolute Gasteiger partial charge is 0.262 e. The number of ether oxygens (including phenoxy) is 10. The van der Waals surface area contributed by atoms with E-state index in [-0.39, 0.29) is 37.6 Å². The van der Waals surface area contributed by atoms with E-state index in [0.29, 0.717) is 15.1 Å². The predicted molar refractivity (Wildman–Crippen MR) is 336 cm³/mol. The maximum absolute atomic E-state index is 15.0. The van der Waals surface area contributed by atoms with Gasteiger partial charge in [-0.1, -0.05) is 191 Å². The second-order valence-corrected chi connectivity index (χ2v) is 28.9. The number of benzene rings is 7. The Hall–Kier alpha value is -6.04. The van der Waals surface area contributed by atoms with E-state index in [1.807, 2.05) is 109 Å². The Balaban J connectivity index is 1.04. The number of rotatable bonds is 22. The van der Waals surface area contributed by atoms with E-state index in [9.17, 15) is 0 Å². The number of carbonyl (C=O) groups excluding carboxylic acids is 2. The summed E-state index contributed by atoms with van der Waals surface area (Å²) in [4.78, 5) is 31.2. The number of halogens is 1. The van der Waals surface area contributed by atoms with Crippen molar-refractivity contribution < 1.29 is 61.4 Å². The van der Waals surface area contributed by atoms with E-state index in [2.05, 4.69) is 98.5 Å². The third-order valence-corrected chi connectivity index (χ3v) is 22.2. The molecule has 0 radical (unpaired) electrons. The SMILES string of the molecule is C=C(I)C(O[C@H]1[C@@H](O[Si](c2ccccc2)(c2ccccc2)C(C)(C)C)[C@@H]2O[C@H](c3ccccc3)OC[C@H]2O[C@@H]1SC)O[C@H]1[C@H](OCc2ccccc2)[C@@H](N2C(=O)c3ccccc3C2=O)[C@H](Oc2ccc(OC)cc2)O[C@@H]1COCc1ccccc1. The molecule has 2 amide bonds. The van der Waals surface area contributed by atoms with Gasteiger partial charge in [0.2, 0.25) is 6.29 Å². The lowest BCUT2D eigenvalue weighted by atomic mass is 9.94. The molecule has 14 nitrogen and oxygen atoms in total. The van der Waals surface area contributed by atoms with Gasteiger partial charge < -0.3 is 51.8 Å². The number of amides is 2. The Kier molecular flexibility index (Phi) is 19.5. The molecule has 7 aromatic rings. The van der Waals surface area contributed by atoms with Crippen LogP contribution in [-0.4, -0.2) is 118 Å². The molecule has 0 N–H and O–H groups in total. The second kappa shape index (κ2) is 27.3. The molecule has 11 rings (SSSR count). The molecule has 17 heteroatoms. The zero-order chi connectivity index (χ0) is 59.1. The molecule has 442 valence electrons. The van der Waals surface area contributed by atoms with Crippen molar-refractivity contribution >= 4 is 64.9 Å². The summed E-state index contributed by atoms with van der Waals surface area (Å²) < 4.78 is 77.8. The number of hydrogen-bond acceptors (Lipinski definition) is 14. The Labute approximate surface area is 516 Å². The maximum Gasteiger partial charge on any atom is 0.262 e. The first kappa shape index (κ1) is 60.6. The van der Waals surface area contributed by atoms with E-state index in [0.717, 1.165) is 27.1 Å². The van der Waals surface area contributed by atoms with Crippen molar-refractivity contribution in [1.29, 1.82) is 0 Å². The van der Waals surface area contributed by atoms with E-state index < -0.39 is 98.2 Å². The summed E-state index contributed by atoms with van der Waals surface area (Å²) in [5, 5.41) is 1.67. The molecular weight excluding hydrogens is 1230 g/mol. The van der Waals surface area contributed by atoms with Crippen molar-refractivity contribution in [3.8, 4) is 11.5 Å². The number of hydrogen-bond donors (Lipinski definition) is 0. The van der Waals surface area contributed by atoms with Crippen molar-refractivity contribution in [3.63, 3.8) is 0 Å². The lowest BCUT2D eigenvalue weighted by Crippen LogP contribution is -2.73. The Morgan fingerprint density at radius 1 is 0.659 bits per heavy atom. The van der Waals surface area contributed by atoms with Gasteiger partial charge in [0, 0.05) is 9.14 Å². The first-order chi connectivity index (χ1) is 41.3. The van der Waals surface area contributed by atoms with Crippen LogP contribution in [0.3, 0.4) is 0 Å². The highest BCUT2D eigenvalue weighted by atomic mass is 127. The molecule has 3 saturated heterocycles. The summed E-state index contributed by atoms with van der Waals surface area (Å²) in [7, 11) is -1.83. The average molecular weight is 1300 g/mol. The van der Waals surface area contributed by atoms with Crippen molar-refractivity contribution in [3.05, 3.63) is 238 Å². The van der Waals surface area contributed by atoms with Crippen molar-refractivity contribution in [2.24, 2.45) is 0 Å². The van der Waals surface area contributed by atoms with E-state index in [4.69, 9.17) is 51.8 Å². The summed E-state index contributed by atoms with van der Waals surface area (Å²) in [5.74, 6) is -0.0979. The Morgan fingerprint density at radius 3 is 1.74 bits per heavy atom. The molecule has 1 unspecified atom stereocenters. The highest BCUT2D eigenvalue weighted by Crippen LogP contribution is 2.46. The van der Waals surface area contributed by atoms with Gasteiger partial charge in [-0.3, -0.25) is 14.5 Å². The second-order valence-electron chi connectivity index (χ2n) is 22.3. The van der Waals surface area contributed by atoms with Gasteiger partial charge in [0.15, 0.2) is 12.6 Å². The van der Waals surface area contributed by atoms with E-state index in [1.165, 1.54) is 16.7 Å². The normalized spacial score (nSPS) is 25.4. The number of carbonyl (C=O) groups is 2. The van der Waals surface area contributed by atoms with Crippen LogP contribution in [0, 0.1) is 0 Å². The van der Waals surface area contributed by atoms with Crippen LogP contribution >= 0.6 is 34.4 Å². The molecule has 4 aliphatic rings. The molecule has 12 atom stereocenters. The summed E-state index contributed by atoms with van der Waals surface area (Å²) in [6.07, 6.45) is -7.75. The lowest BCUT2D eigenvalue weighted by Gasteiger charge is -2.54. The van der Waals surface area contributed by atoms with Crippen LogP contribution in [-0.2, 0) is 55.5 Å². The molecule has 3 fully saturated rings. The first-order valence-corrected chi connectivity index (χ1v) is 32.8. The number of fused-ring (bicyclic) bond motifs is 2. The Bertz CT molecular complexity index is 3260. The molecule has 0 spiro atoms. The number of imide groups is 1. The third kappa shape index (κ3) is 13.1. The zero-order valence-corrected chi connectivity index (χ0v) is 52.0. The van der Waals surface area contributed by atoms with Gasteiger partial charge in [0.05, 0.1) is 44.7 Å². The molecule has 4 heterocycles. The predicted octanol–water partition coefficient (Wildman–Crippen LogP) is 11.5. The maximum atomic E-state index is 15.0. The van der Waals surface area contributed by atoms with Crippen molar-refractivity contribution in [1.82, 2.24) is 4.90 Å². The van der Waals surface area contributed by atoms with Gasteiger partial charge in [-0.05, 0) is 91.8 Å². The summed E-state index contributed by atoms with van der Waals surface area (Å²) in [6, 6.07) is 62.7. The molecule has 0 aromatic heterocycles. The van der Waals surface area contributed by atoms with Crippen LogP contribution in [0.15, 0.2) is 210 Å².